The molecule has 5 heteroatoms. The van der Waals surface area contributed by atoms with Crippen molar-refractivity contribution in [3.05, 3.63) is 28.8 Å². The van der Waals surface area contributed by atoms with Gasteiger partial charge in [-0.05, 0) is 38.8 Å². The lowest BCUT2D eigenvalue weighted by molar-refractivity contribution is -0.143. The van der Waals surface area contributed by atoms with Crippen LogP contribution in [0.15, 0.2) is 12.1 Å². The molecule has 0 aliphatic carbocycles. The fraction of sp³-hybridized carbons (Fsp3) is 0.500. The highest BCUT2D eigenvalue weighted by Crippen LogP contribution is 2.24. The first kappa shape index (κ1) is 15.4. The standard InChI is InChI=1S/C16H22N2O3/c1-10-7-11(2)15(12(3)8-10)21-9-14(19)18-6-5-17-16(20)13(18)4/h7-8,13H,5-6,9H2,1-4H3,(H,17,20). The zero-order chi connectivity index (χ0) is 15.6. The van der Waals surface area contributed by atoms with Gasteiger partial charge in [-0.1, -0.05) is 17.7 Å². The maximum atomic E-state index is 12.2. The van der Waals surface area contributed by atoms with Gasteiger partial charge in [0.15, 0.2) is 6.61 Å². The van der Waals surface area contributed by atoms with Gasteiger partial charge in [0, 0.05) is 13.1 Å². The molecule has 1 aromatic rings. The van der Waals surface area contributed by atoms with E-state index in [4.69, 9.17) is 4.74 Å². The van der Waals surface area contributed by atoms with Crippen LogP contribution < -0.4 is 10.1 Å². The molecule has 1 saturated heterocycles. The van der Waals surface area contributed by atoms with Crippen LogP contribution in [-0.4, -0.2) is 42.5 Å². The van der Waals surface area contributed by atoms with E-state index in [0.717, 1.165) is 16.9 Å². The summed E-state index contributed by atoms with van der Waals surface area (Å²) in [7, 11) is 0. The number of carbonyl (C=O) groups excluding carboxylic acids is 2. The Labute approximate surface area is 125 Å². The molecule has 0 saturated carbocycles. The molecule has 0 bridgehead atoms. The number of rotatable bonds is 3. The SMILES string of the molecule is Cc1cc(C)c(OCC(=O)N2CCNC(=O)C2C)c(C)c1. The number of hydrogen-bond donors (Lipinski definition) is 1. The lowest BCUT2D eigenvalue weighted by Gasteiger charge is -2.32. The minimum Gasteiger partial charge on any atom is -0.483 e. The summed E-state index contributed by atoms with van der Waals surface area (Å²) in [6.07, 6.45) is 0. The number of benzene rings is 1. The number of carbonyl (C=O) groups is 2. The molecule has 1 aliphatic heterocycles. The zero-order valence-electron chi connectivity index (χ0n) is 13.0. The summed E-state index contributed by atoms with van der Waals surface area (Å²) in [5.74, 6) is 0.483. The summed E-state index contributed by atoms with van der Waals surface area (Å²) in [5.41, 5.74) is 3.21. The van der Waals surface area contributed by atoms with Gasteiger partial charge in [-0.25, -0.2) is 0 Å². The molecule has 0 aromatic heterocycles. The molecule has 1 heterocycles. The van der Waals surface area contributed by atoms with Gasteiger partial charge >= 0.3 is 0 Å². The Kier molecular flexibility index (Phi) is 4.50. The quantitative estimate of drug-likeness (QED) is 0.914. The number of aryl methyl sites for hydroxylation is 3. The third-order valence-electron chi connectivity index (χ3n) is 3.76. The Bertz CT molecular complexity index is 546. The van der Waals surface area contributed by atoms with Crippen molar-refractivity contribution in [3.63, 3.8) is 0 Å². The van der Waals surface area contributed by atoms with Gasteiger partial charge < -0.3 is 15.0 Å². The van der Waals surface area contributed by atoms with Gasteiger partial charge in [-0.2, -0.15) is 0 Å². The molecule has 1 aliphatic rings. The Hall–Kier alpha value is -2.04. The highest BCUT2D eigenvalue weighted by molar-refractivity contribution is 5.89. The number of piperazine rings is 1. The lowest BCUT2D eigenvalue weighted by atomic mass is 10.1. The summed E-state index contributed by atoms with van der Waals surface area (Å²) < 4.78 is 5.70. The third-order valence-corrected chi connectivity index (χ3v) is 3.76. The van der Waals surface area contributed by atoms with Crippen LogP contribution in [0, 0.1) is 20.8 Å². The molecule has 5 nitrogen and oxygen atoms in total. The molecule has 1 atom stereocenters. The van der Waals surface area contributed by atoms with Gasteiger partial charge in [-0.3, -0.25) is 9.59 Å². The molecule has 1 fully saturated rings. The van der Waals surface area contributed by atoms with E-state index in [1.807, 2.05) is 32.9 Å². The van der Waals surface area contributed by atoms with E-state index in [1.54, 1.807) is 11.8 Å². The largest absolute Gasteiger partial charge is 0.483 e. The highest BCUT2D eigenvalue weighted by atomic mass is 16.5. The van der Waals surface area contributed by atoms with Crippen LogP contribution in [0.4, 0.5) is 0 Å². The minimum absolute atomic E-state index is 0.0393. The van der Waals surface area contributed by atoms with Crippen LogP contribution in [0.3, 0.4) is 0 Å². The van der Waals surface area contributed by atoms with Crippen molar-refractivity contribution >= 4 is 11.8 Å². The van der Waals surface area contributed by atoms with E-state index in [9.17, 15) is 9.59 Å². The van der Waals surface area contributed by atoms with E-state index in [1.165, 1.54) is 5.56 Å². The van der Waals surface area contributed by atoms with Crippen molar-refractivity contribution in [1.82, 2.24) is 10.2 Å². The second-order valence-corrected chi connectivity index (χ2v) is 5.57. The summed E-state index contributed by atoms with van der Waals surface area (Å²) in [6, 6.07) is 3.63. The molecule has 0 radical (unpaired) electrons. The predicted molar refractivity (Wildman–Crippen MR) is 80.3 cm³/mol. The van der Waals surface area contributed by atoms with Crippen molar-refractivity contribution < 1.29 is 14.3 Å². The van der Waals surface area contributed by atoms with Crippen molar-refractivity contribution in [1.29, 1.82) is 0 Å². The first-order valence-electron chi connectivity index (χ1n) is 7.18. The van der Waals surface area contributed by atoms with Gasteiger partial charge in [0.2, 0.25) is 5.91 Å². The monoisotopic (exact) mass is 290 g/mol. The van der Waals surface area contributed by atoms with E-state index in [-0.39, 0.29) is 18.4 Å². The van der Waals surface area contributed by atoms with Crippen molar-refractivity contribution in [2.24, 2.45) is 0 Å². The van der Waals surface area contributed by atoms with Crippen LogP contribution in [0.5, 0.6) is 5.75 Å². The number of ether oxygens (including phenoxy) is 1. The number of amides is 2. The summed E-state index contributed by atoms with van der Waals surface area (Å²) in [5, 5.41) is 2.74. The minimum atomic E-state index is -0.435. The first-order chi connectivity index (χ1) is 9.90. The molecular formula is C16H22N2O3. The van der Waals surface area contributed by atoms with E-state index in [0.29, 0.717) is 13.1 Å². The Morgan fingerprint density at radius 1 is 1.33 bits per heavy atom. The molecule has 1 N–H and O–H groups in total. The van der Waals surface area contributed by atoms with Crippen LogP contribution in [0.25, 0.3) is 0 Å². The number of hydrogen-bond acceptors (Lipinski definition) is 3. The van der Waals surface area contributed by atoms with E-state index >= 15 is 0 Å². The summed E-state index contributed by atoms with van der Waals surface area (Å²) in [4.78, 5) is 25.4. The van der Waals surface area contributed by atoms with Gasteiger partial charge in [0.05, 0.1) is 0 Å². The average molecular weight is 290 g/mol. The normalized spacial score (nSPS) is 18.4. The van der Waals surface area contributed by atoms with Crippen LogP contribution in [0.2, 0.25) is 0 Å². The maximum Gasteiger partial charge on any atom is 0.261 e. The van der Waals surface area contributed by atoms with Crippen molar-refractivity contribution in [3.8, 4) is 5.75 Å². The van der Waals surface area contributed by atoms with E-state index < -0.39 is 6.04 Å². The Balaban J connectivity index is 2.03. The Morgan fingerprint density at radius 3 is 2.57 bits per heavy atom. The van der Waals surface area contributed by atoms with Gasteiger partial charge in [-0.15, -0.1) is 0 Å². The molecule has 114 valence electrons. The predicted octanol–water partition coefficient (Wildman–Crippen LogP) is 1.34. The second kappa shape index (κ2) is 6.16. The number of nitrogens with one attached hydrogen (secondary N) is 1. The van der Waals surface area contributed by atoms with Gasteiger partial charge in [0.25, 0.3) is 5.91 Å². The fourth-order valence-corrected chi connectivity index (χ4v) is 2.73. The average Bonchev–Trinajstić information content (AvgIpc) is 2.40. The van der Waals surface area contributed by atoms with Gasteiger partial charge in [0.1, 0.15) is 11.8 Å². The first-order valence-corrected chi connectivity index (χ1v) is 7.18. The van der Waals surface area contributed by atoms with Crippen molar-refractivity contribution in [2.75, 3.05) is 19.7 Å². The molecule has 2 amide bonds. The number of nitrogens with zero attached hydrogens (tertiary/aromatic N) is 1. The van der Waals surface area contributed by atoms with E-state index in [2.05, 4.69) is 5.32 Å². The molecule has 2 rings (SSSR count). The third kappa shape index (κ3) is 3.35. The maximum absolute atomic E-state index is 12.2. The molecule has 21 heavy (non-hydrogen) atoms. The lowest BCUT2D eigenvalue weighted by Crippen LogP contribution is -2.56. The molecule has 1 aromatic carbocycles. The molecule has 1 unspecified atom stereocenters. The van der Waals surface area contributed by atoms with Crippen LogP contribution >= 0.6 is 0 Å². The molecule has 0 spiro atoms. The Morgan fingerprint density at radius 2 is 1.95 bits per heavy atom. The summed E-state index contributed by atoms with van der Waals surface area (Å²) >= 11 is 0. The highest BCUT2D eigenvalue weighted by Gasteiger charge is 2.29. The second-order valence-electron chi connectivity index (χ2n) is 5.57. The summed E-state index contributed by atoms with van der Waals surface area (Å²) in [6.45, 7) is 8.69. The van der Waals surface area contributed by atoms with Crippen molar-refractivity contribution in [2.45, 2.75) is 33.7 Å². The fourth-order valence-electron chi connectivity index (χ4n) is 2.73. The smallest absolute Gasteiger partial charge is 0.261 e. The molecular weight excluding hydrogens is 268 g/mol. The van der Waals surface area contributed by atoms with Crippen LogP contribution in [0.1, 0.15) is 23.6 Å². The van der Waals surface area contributed by atoms with Crippen LogP contribution in [-0.2, 0) is 9.59 Å². The zero-order valence-corrected chi connectivity index (χ0v) is 13.0. The topological polar surface area (TPSA) is 58.6 Å².